The fraction of sp³-hybridized carbons (Fsp3) is 0.450. The Morgan fingerprint density at radius 2 is 2.17 bits per heavy atom. The summed E-state index contributed by atoms with van der Waals surface area (Å²) in [7, 11) is 0. The van der Waals surface area contributed by atoms with Crippen molar-refractivity contribution in [2.24, 2.45) is 0 Å². The highest BCUT2D eigenvalue weighted by Crippen LogP contribution is 2.39. The predicted molar refractivity (Wildman–Crippen MR) is 94.6 cm³/mol. The molecule has 1 aromatic carbocycles. The van der Waals surface area contributed by atoms with Gasteiger partial charge in [0.2, 0.25) is 0 Å². The van der Waals surface area contributed by atoms with Gasteiger partial charge in [0.05, 0.1) is 16.6 Å². The first-order valence-electron chi connectivity index (χ1n) is 8.37. The van der Waals surface area contributed by atoms with E-state index in [1.54, 1.807) is 13.0 Å². The first kappa shape index (κ1) is 16.8. The van der Waals surface area contributed by atoms with Crippen molar-refractivity contribution in [1.29, 1.82) is 0 Å². The van der Waals surface area contributed by atoms with Gasteiger partial charge in [-0.2, -0.15) is 0 Å². The van der Waals surface area contributed by atoms with Crippen LogP contribution in [0.4, 0.5) is 0 Å². The summed E-state index contributed by atoms with van der Waals surface area (Å²) in [5.41, 5.74) is 1.91. The molecule has 0 amide bonds. The van der Waals surface area contributed by atoms with E-state index in [0.717, 1.165) is 17.4 Å². The number of hydrogen-bond donors (Lipinski definition) is 1. The normalized spacial score (nSPS) is 18.8. The molecule has 0 saturated heterocycles. The van der Waals surface area contributed by atoms with Crippen molar-refractivity contribution < 1.29 is 14.3 Å². The largest absolute Gasteiger partial charge is 0.486 e. The fourth-order valence-electron chi connectivity index (χ4n) is 3.26. The Bertz CT molecular complexity index is 854. The molecule has 3 rings (SSSR count). The van der Waals surface area contributed by atoms with Crippen LogP contribution in [0.2, 0.25) is 0 Å². The van der Waals surface area contributed by atoms with Gasteiger partial charge >= 0.3 is 5.63 Å². The Morgan fingerprint density at radius 1 is 1.42 bits per heavy atom. The number of hydrogen-bond acceptors (Lipinski definition) is 4. The van der Waals surface area contributed by atoms with Crippen LogP contribution in [0.3, 0.4) is 0 Å². The van der Waals surface area contributed by atoms with Gasteiger partial charge < -0.3 is 14.3 Å². The van der Waals surface area contributed by atoms with E-state index >= 15 is 0 Å². The van der Waals surface area contributed by atoms with Crippen LogP contribution in [0.25, 0.3) is 11.0 Å². The summed E-state index contributed by atoms with van der Waals surface area (Å²) in [5, 5.41) is 11.7. The van der Waals surface area contributed by atoms with Crippen molar-refractivity contribution in [3.63, 3.8) is 0 Å². The number of aliphatic hydroxyl groups is 1. The van der Waals surface area contributed by atoms with E-state index in [0.29, 0.717) is 29.7 Å². The van der Waals surface area contributed by atoms with Gasteiger partial charge in [-0.05, 0) is 52.2 Å². The molecule has 0 aliphatic carbocycles. The van der Waals surface area contributed by atoms with Crippen LogP contribution in [0.15, 0.2) is 39.1 Å². The van der Waals surface area contributed by atoms with Gasteiger partial charge in [-0.15, -0.1) is 0 Å². The van der Waals surface area contributed by atoms with Gasteiger partial charge in [-0.1, -0.05) is 23.8 Å². The summed E-state index contributed by atoms with van der Waals surface area (Å²) < 4.78 is 11.5. The van der Waals surface area contributed by atoms with Crippen molar-refractivity contribution in [2.75, 3.05) is 0 Å². The summed E-state index contributed by atoms with van der Waals surface area (Å²) in [6.07, 6.45) is 3.40. The zero-order valence-corrected chi connectivity index (χ0v) is 14.7. The highest BCUT2D eigenvalue weighted by atomic mass is 16.5. The van der Waals surface area contributed by atoms with Gasteiger partial charge in [0, 0.05) is 6.42 Å². The van der Waals surface area contributed by atoms with Crippen molar-refractivity contribution >= 4 is 11.0 Å². The van der Waals surface area contributed by atoms with Crippen LogP contribution >= 0.6 is 0 Å². The summed E-state index contributed by atoms with van der Waals surface area (Å²) in [6, 6.07) is 5.59. The van der Waals surface area contributed by atoms with E-state index in [2.05, 4.69) is 6.08 Å². The minimum atomic E-state index is -1.01. The third-order valence-corrected chi connectivity index (χ3v) is 4.73. The third-order valence-electron chi connectivity index (χ3n) is 4.73. The molecule has 128 valence electrons. The Labute approximate surface area is 141 Å². The molecule has 2 atom stereocenters. The monoisotopic (exact) mass is 328 g/mol. The van der Waals surface area contributed by atoms with Crippen LogP contribution < -0.4 is 10.4 Å². The zero-order chi connectivity index (χ0) is 17.5. The molecular weight excluding hydrogens is 304 g/mol. The Kier molecular flexibility index (Phi) is 4.26. The first-order chi connectivity index (χ1) is 11.3. The molecule has 0 saturated carbocycles. The number of aryl methyl sites for hydroxylation is 1. The van der Waals surface area contributed by atoms with Crippen molar-refractivity contribution in [3.05, 3.63) is 51.4 Å². The topological polar surface area (TPSA) is 59.7 Å². The average Bonchev–Trinajstić information content (AvgIpc) is 2.93. The molecule has 2 aromatic rings. The number of allylic oxidation sites excluding steroid dienone is 2. The third kappa shape index (κ3) is 2.98. The van der Waals surface area contributed by atoms with Crippen LogP contribution in [-0.4, -0.2) is 16.8 Å². The second kappa shape index (κ2) is 6.10. The van der Waals surface area contributed by atoms with E-state index in [9.17, 15) is 9.90 Å². The maximum atomic E-state index is 12.3. The Hall–Kier alpha value is -2.07. The van der Waals surface area contributed by atoms with E-state index < -0.39 is 11.7 Å². The van der Waals surface area contributed by atoms with Crippen LogP contribution in [0.5, 0.6) is 5.75 Å². The zero-order valence-electron chi connectivity index (χ0n) is 14.7. The summed E-state index contributed by atoms with van der Waals surface area (Å²) in [5.74, 6) is 0.576. The molecule has 4 heteroatoms. The first-order valence-corrected chi connectivity index (χ1v) is 8.37. The van der Waals surface area contributed by atoms with Crippen LogP contribution in [0, 0.1) is 6.92 Å². The predicted octanol–water partition coefficient (Wildman–Crippen LogP) is 3.90. The lowest BCUT2D eigenvalue weighted by molar-refractivity contribution is -0.0429. The molecule has 1 aromatic heterocycles. The molecule has 2 heterocycles. The van der Waals surface area contributed by atoms with Gasteiger partial charge in [0.1, 0.15) is 17.4 Å². The van der Waals surface area contributed by atoms with Gasteiger partial charge in [0.15, 0.2) is 0 Å². The van der Waals surface area contributed by atoms with E-state index in [-0.39, 0.29) is 5.63 Å². The molecule has 1 N–H and O–H groups in total. The van der Waals surface area contributed by atoms with Crippen molar-refractivity contribution in [3.8, 4) is 5.75 Å². The lowest BCUT2D eigenvalue weighted by Crippen LogP contribution is -2.42. The Balaban J connectivity index is 1.94. The second-order valence-corrected chi connectivity index (χ2v) is 7.13. The molecule has 0 radical (unpaired) electrons. The summed E-state index contributed by atoms with van der Waals surface area (Å²) in [6.45, 7) is 7.82. The van der Waals surface area contributed by atoms with Gasteiger partial charge in [-0.25, -0.2) is 4.79 Å². The molecule has 0 bridgehead atoms. The van der Waals surface area contributed by atoms with Crippen molar-refractivity contribution in [2.45, 2.75) is 58.7 Å². The molecule has 1 aliphatic heterocycles. The Morgan fingerprint density at radius 3 is 2.88 bits per heavy atom. The molecule has 1 aliphatic rings. The fourth-order valence-corrected chi connectivity index (χ4v) is 3.26. The van der Waals surface area contributed by atoms with Gasteiger partial charge in [-0.3, -0.25) is 0 Å². The maximum absolute atomic E-state index is 12.3. The molecule has 0 spiro atoms. The standard InChI is InChI=1S/C20H24O4/c1-12(2)7-6-10-20(4,22)16-11-14-18(24-16)17-13(3)8-5-9-15(17)23-19(14)21/h5,7-9,16,22H,6,10-11H2,1-4H3/t16-,20-/m0/s1. The average molecular weight is 328 g/mol. The summed E-state index contributed by atoms with van der Waals surface area (Å²) in [4.78, 5) is 12.3. The molecular formula is C20H24O4. The lowest BCUT2D eigenvalue weighted by atomic mass is 9.90. The molecule has 4 nitrogen and oxygen atoms in total. The minimum Gasteiger partial charge on any atom is -0.486 e. The number of benzene rings is 1. The molecule has 0 fully saturated rings. The smallest absolute Gasteiger partial charge is 0.343 e. The lowest BCUT2D eigenvalue weighted by Gasteiger charge is -2.29. The number of fused-ring (bicyclic) bond motifs is 3. The summed E-state index contributed by atoms with van der Waals surface area (Å²) >= 11 is 0. The van der Waals surface area contributed by atoms with Crippen LogP contribution in [-0.2, 0) is 6.42 Å². The maximum Gasteiger partial charge on any atom is 0.343 e. The second-order valence-electron chi connectivity index (χ2n) is 7.13. The minimum absolute atomic E-state index is 0.370. The number of rotatable bonds is 4. The SMILES string of the molecule is CC(C)=CCC[C@](C)(O)[C@@H]1Cc2c(c3c(C)cccc3oc2=O)O1. The van der Waals surface area contributed by atoms with Gasteiger partial charge in [0.25, 0.3) is 0 Å². The van der Waals surface area contributed by atoms with Crippen molar-refractivity contribution in [1.82, 2.24) is 0 Å². The highest BCUT2D eigenvalue weighted by Gasteiger charge is 2.40. The van der Waals surface area contributed by atoms with E-state index in [1.807, 2.05) is 32.9 Å². The van der Waals surface area contributed by atoms with E-state index in [1.165, 1.54) is 5.57 Å². The molecule has 24 heavy (non-hydrogen) atoms. The molecule has 0 unspecified atom stereocenters. The highest BCUT2D eigenvalue weighted by molar-refractivity contribution is 5.88. The number of ether oxygens (including phenoxy) is 1. The van der Waals surface area contributed by atoms with Crippen LogP contribution in [0.1, 0.15) is 44.7 Å². The van der Waals surface area contributed by atoms with E-state index in [4.69, 9.17) is 9.15 Å². The quantitative estimate of drug-likeness (QED) is 0.683.